The van der Waals surface area contributed by atoms with Gasteiger partial charge >= 0.3 is 0 Å². The third kappa shape index (κ3) is 4.71. The van der Waals surface area contributed by atoms with E-state index in [0.717, 1.165) is 35.4 Å². The summed E-state index contributed by atoms with van der Waals surface area (Å²) < 4.78 is 7.63. The van der Waals surface area contributed by atoms with Crippen molar-refractivity contribution in [1.82, 2.24) is 25.2 Å². The molecule has 3 heterocycles. The molecule has 0 aliphatic rings. The first kappa shape index (κ1) is 19.2. The second kappa shape index (κ2) is 8.84. The molecule has 1 unspecified atom stereocenters. The van der Waals surface area contributed by atoms with Gasteiger partial charge in [0.1, 0.15) is 17.3 Å². The SMILES string of the molecule is CN=C(NCCc1nnc2ccccn12)NC(C)c1ccc(C)o1.I. The number of aromatic nitrogens is 3. The molecule has 134 valence electrons. The average molecular weight is 454 g/mol. The number of nitrogens with zero attached hydrogens (tertiary/aromatic N) is 4. The Labute approximate surface area is 164 Å². The van der Waals surface area contributed by atoms with Crippen molar-refractivity contribution < 1.29 is 4.42 Å². The molecule has 0 saturated carbocycles. The maximum atomic E-state index is 5.64. The van der Waals surface area contributed by atoms with Crippen molar-refractivity contribution in [2.24, 2.45) is 4.99 Å². The van der Waals surface area contributed by atoms with Crippen molar-refractivity contribution in [3.63, 3.8) is 0 Å². The molecule has 0 saturated heterocycles. The van der Waals surface area contributed by atoms with Crippen molar-refractivity contribution in [2.75, 3.05) is 13.6 Å². The van der Waals surface area contributed by atoms with Crippen LogP contribution >= 0.6 is 24.0 Å². The van der Waals surface area contributed by atoms with Crippen LogP contribution in [0.4, 0.5) is 0 Å². The first-order chi connectivity index (χ1) is 11.7. The summed E-state index contributed by atoms with van der Waals surface area (Å²) in [4.78, 5) is 4.25. The third-order valence-corrected chi connectivity index (χ3v) is 3.79. The fourth-order valence-corrected chi connectivity index (χ4v) is 2.51. The fourth-order valence-electron chi connectivity index (χ4n) is 2.51. The van der Waals surface area contributed by atoms with E-state index in [0.29, 0.717) is 6.54 Å². The number of guanidine groups is 1. The molecule has 3 aromatic heterocycles. The summed E-state index contributed by atoms with van der Waals surface area (Å²) in [5.41, 5.74) is 0.858. The predicted molar refractivity (Wildman–Crippen MR) is 108 cm³/mol. The van der Waals surface area contributed by atoms with Crippen LogP contribution in [0, 0.1) is 6.92 Å². The number of rotatable bonds is 5. The Kier molecular flexibility index (Phi) is 6.80. The Morgan fingerprint density at radius 3 is 2.84 bits per heavy atom. The normalized spacial score (nSPS) is 12.7. The molecular formula is C17H23IN6O. The summed E-state index contributed by atoms with van der Waals surface area (Å²) in [6.45, 7) is 4.68. The summed E-state index contributed by atoms with van der Waals surface area (Å²) in [6.07, 6.45) is 2.72. The monoisotopic (exact) mass is 454 g/mol. The van der Waals surface area contributed by atoms with E-state index < -0.39 is 0 Å². The van der Waals surface area contributed by atoms with Crippen LogP contribution in [0.2, 0.25) is 0 Å². The van der Waals surface area contributed by atoms with E-state index in [1.165, 1.54) is 0 Å². The summed E-state index contributed by atoms with van der Waals surface area (Å²) in [5, 5.41) is 15.0. The lowest BCUT2D eigenvalue weighted by Crippen LogP contribution is -2.39. The Bertz CT molecular complexity index is 840. The predicted octanol–water partition coefficient (Wildman–Crippen LogP) is 2.72. The number of nitrogens with one attached hydrogen (secondary N) is 2. The van der Waals surface area contributed by atoms with Crippen molar-refractivity contribution in [1.29, 1.82) is 0 Å². The Morgan fingerprint density at radius 2 is 2.12 bits per heavy atom. The molecule has 0 aliphatic carbocycles. The third-order valence-electron chi connectivity index (χ3n) is 3.79. The molecule has 3 rings (SSSR count). The van der Waals surface area contributed by atoms with Crippen LogP contribution in [0.25, 0.3) is 5.65 Å². The lowest BCUT2D eigenvalue weighted by molar-refractivity contribution is 0.441. The zero-order chi connectivity index (χ0) is 16.9. The number of aryl methyl sites for hydroxylation is 1. The van der Waals surface area contributed by atoms with E-state index in [-0.39, 0.29) is 30.0 Å². The number of fused-ring (bicyclic) bond motifs is 1. The largest absolute Gasteiger partial charge is 0.464 e. The Hall–Kier alpha value is -2.10. The number of hydrogen-bond donors (Lipinski definition) is 2. The van der Waals surface area contributed by atoms with Gasteiger partial charge in [0.15, 0.2) is 11.6 Å². The Morgan fingerprint density at radius 1 is 1.28 bits per heavy atom. The lowest BCUT2D eigenvalue weighted by Gasteiger charge is -2.16. The van der Waals surface area contributed by atoms with Gasteiger partial charge in [0, 0.05) is 26.2 Å². The van der Waals surface area contributed by atoms with Crippen molar-refractivity contribution >= 4 is 35.6 Å². The van der Waals surface area contributed by atoms with Gasteiger partial charge < -0.3 is 15.1 Å². The Balaban J connectivity index is 0.00000225. The minimum absolute atomic E-state index is 0. The van der Waals surface area contributed by atoms with Crippen LogP contribution in [0.15, 0.2) is 45.9 Å². The van der Waals surface area contributed by atoms with Gasteiger partial charge in [0.25, 0.3) is 0 Å². The highest BCUT2D eigenvalue weighted by atomic mass is 127. The zero-order valence-corrected chi connectivity index (χ0v) is 16.9. The van der Waals surface area contributed by atoms with Crippen molar-refractivity contribution in [2.45, 2.75) is 26.3 Å². The quantitative estimate of drug-likeness (QED) is 0.352. The fraction of sp³-hybridized carbons (Fsp3) is 0.353. The minimum Gasteiger partial charge on any atom is -0.464 e. The first-order valence-electron chi connectivity index (χ1n) is 7.99. The maximum Gasteiger partial charge on any atom is 0.191 e. The smallest absolute Gasteiger partial charge is 0.191 e. The molecule has 7 nitrogen and oxygen atoms in total. The van der Waals surface area contributed by atoms with Gasteiger partial charge in [-0.05, 0) is 38.1 Å². The molecule has 0 bridgehead atoms. The molecule has 0 radical (unpaired) electrons. The van der Waals surface area contributed by atoms with Crippen LogP contribution < -0.4 is 10.6 Å². The first-order valence-corrected chi connectivity index (χ1v) is 7.99. The van der Waals surface area contributed by atoms with Crippen molar-refractivity contribution in [3.8, 4) is 0 Å². The van der Waals surface area contributed by atoms with E-state index in [4.69, 9.17) is 4.42 Å². The number of hydrogen-bond acceptors (Lipinski definition) is 4. The van der Waals surface area contributed by atoms with Gasteiger partial charge in [-0.3, -0.25) is 9.39 Å². The van der Waals surface area contributed by atoms with Gasteiger partial charge in [-0.2, -0.15) is 0 Å². The number of halogens is 1. The second-order valence-corrected chi connectivity index (χ2v) is 5.61. The summed E-state index contributed by atoms with van der Waals surface area (Å²) in [6, 6.07) is 9.84. The second-order valence-electron chi connectivity index (χ2n) is 5.61. The summed E-state index contributed by atoms with van der Waals surface area (Å²) in [5.74, 6) is 3.44. The van der Waals surface area contributed by atoms with Gasteiger partial charge in [0.05, 0.1) is 6.04 Å². The van der Waals surface area contributed by atoms with Crippen LogP contribution in [0.3, 0.4) is 0 Å². The van der Waals surface area contributed by atoms with Gasteiger partial charge in [-0.25, -0.2) is 0 Å². The number of furan rings is 1. The molecule has 8 heteroatoms. The highest BCUT2D eigenvalue weighted by molar-refractivity contribution is 14.0. The lowest BCUT2D eigenvalue weighted by atomic mass is 10.2. The van der Waals surface area contributed by atoms with Gasteiger partial charge in [-0.1, -0.05) is 6.07 Å². The van der Waals surface area contributed by atoms with E-state index in [2.05, 4.69) is 25.8 Å². The molecule has 0 amide bonds. The van der Waals surface area contributed by atoms with Crippen LogP contribution in [-0.2, 0) is 6.42 Å². The van der Waals surface area contributed by atoms with E-state index in [1.807, 2.05) is 54.8 Å². The molecule has 0 aromatic carbocycles. The van der Waals surface area contributed by atoms with E-state index in [9.17, 15) is 0 Å². The molecule has 1 atom stereocenters. The zero-order valence-electron chi connectivity index (χ0n) is 14.6. The average Bonchev–Trinajstić information content (AvgIpc) is 3.20. The topological polar surface area (TPSA) is 79.8 Å². The van der Waals surface area contributed by atoms with Gasteiger partial charge in [-0.15, -0.1) is 34.2 Å². The summed E-state index contributed by atoms with van der Waals surface area (Å²) >= 11 is 0. The summed E-state index contributed by atoms with van der Waals surface area (Å²) in [7, 11) is 1.75. The highest BCUT2D eigenvalue weighted by Crippen LogP contribution is 2.15. The minimum atomic E-state index is 0. The van der Waals surface area contributed by atoms with Crippen molar-refractivity contribution in [3.05, 3.63) is 53.9 Å². The van der Waals surface area contributed by atoms with E-state index in [1.54, 1.807) is 7.05 Å². The van der Waals surface area contributed by atoms with Crippen LogP contribution in [0.5, 0.6) is 0 Å². The molecule has 0 spiro atoms. The number of aliphatic imine (C=N–C) groups is 1. The maximum absolute atomic E-state index is 5.64. The number of pyridine rings is 1. The van der Waals surface area contributed by atoms with Crippen LogP contribution in [-0.4, -0.2) is 34.2 Å². The molecular weight excluding hydrogens is 431 g/mol. The molecule has 3 aromatic rings. The molecule has 2 N–H and O–H groups in total. The molecule has 25 heavy (non-hydrogen) atoms. The van der Waals surface area contributed by atoms with Crippen LogP contribution in [0.1, 0.15) is 30.3 Å². The molecule has 0 aliphatic heterocycles. The van der Waals surface area contributed by atoms with E-state index >= 15 is 0 Å². The molecule has 0 fully saturated rings. The van der Waals surface area contributed by atoms with Gasteiger partial charge in [0.2, 0.25) is 0 Å². The highest BCUT2D eigenvalue weighted by Gasteiger charge is 2.11. The standard InChI is InChI=1S/C17H22N6O.HI/c1-12-7-8-14(24-12)13(2)20-17(18-3)19-10-9-16-22-21-15-6-4-5-11-23(15)16;/h4-8,11,13H,9-10H2,1-3H3,(H2,18,19,20);1H.